The van der Waals surface area contributed by atoms with E-state index in [0.717, 1.165) is 12.8 Å². The second-order valence-corrected chi connectivity index (χ2v) is 2.79. The van der Waals surface area contributed by atoms with Crippen LogP contribution in [0.5, 0.6) is 0 Å². The van der Waals surface area contributed by atoms with Crippen molar-refractivity contribution in [3.8, 4) is 0 Å². The van der Waals surface area contributed by atoms with Gasteiger partial charge in [-0.25, -0.2) is 4.79 Å². The second-order valence-electron chi connectivity index (χ2n) is 2.79. The summed E-state index contributed by atoms with van der Waals surface area (Å²) in [4.78, 5) is 10.6. The van der Waals surface area contributed by atoms with Crippen LogP contribution in [-0.2, 0) is 9.53 Å². The third kappa shape index (κ3) is 13.8. The van der Waals surface area contributed by atoms with Gasteiger partial charge in [-0.05, 0) is 6.42 Å². The smallest absolute Gasteiger partial charge is 0.330 e. The quantitative estimate of drug-likeness (QED) is 0.356. The highest BCUT2D eigenvalue weighted by Crippen LogP contribution is 2.02. The van der Waals surface area contributed by atoms with E-state index in [0.29, 0.717) is 6.61 Å². The van der Waals surface area contributed by atoms with Gasteiger partial charge in [-0.1, -0.05) is 53.0 Å². The van der Waals surface area contributed by atoms with E-state index in [9.17, 15) is 4.79 Å². The number of unbranched alkanes of at least 4 members (excludes halogenated alkanes) is 4. The predicted octanol–water partition coefficient (Wildman–Crippen LogP) is 3.71. The molecule has 2 heteroatoms. The van der Waals surface area contributed by atoms with Gasteiger partial charge in [0.15, 0.2) is 0 Å². The van der Waals surface area contributed by atoms with Crippen molar-refractivity contribution < 1.29 is 9.53 Å². The molecule has 0 amide bonds. The maximum absolute atomic E-state index is 10.6. The standard InChI is InChI=1S/C10H18O2.C2H6/c1-3-5-6-7-8-9-12-10(11)4-2;1-2/h4H,2-3,5-9H2,1H3;1-2H3. The fourth-order valence-corrected chi connectivity index (χ4v) is 0.937. The minimum Gasteiger partial charge on any atom is -0.463 e. The molecule has 0 bridgehead atoms. The number of carbonyl (C=O) groups excluding carboxylic acids is 1. The summed E-state index contributed by atoms with van der Waals surface area (Å²) in [5.41, 5.74) is 0. The second kappa shape index (κ2) is 14.7. The maximum atomic E-state index is 10.6. The first-order chi connectivity index (χ1) is 6.81. The molecule has 0 saturated carbocycles. The van der Waals surface area contributed by atoms with Crippen LogP contribution >= 0.6 is 0 Å². The Bertz CT molecular complexity index is 130. The topological polar surface area (TPSA) is 26.3 Å². The van der Waals surface area contributed by atoms with Gasteiger partial charge in [-0.2, -0.15) is 0 Å². The first-order valence-corrected chi connectivity index (χ1v) is 5.60. The van der Waals surface area contributed by atoms with E-state index in [1.807, 2.05) is 13.8 Å². The van der Waals surface area contributed by atoms with E-state index < -0.39 is 0 Å². The average Bonchev–Trinajstić information content (AvgIpc) is 2.25. The number of carbonyl (C=O) groups is 1. The molecule has 0 unspecified atom stereocenters. The Hall–Kier alpha value is -0.790. The lowest BCUT2D eigenvalue weighted by Gasteiger charge is -2.00. The SMILES string of the molecule is C=CC(=O)OCCCCCCC.CC. The first-order valence-electron chi connectivity index (χ1n) is 5.60. The molecule has 0 aromatic heterocycles. The molecule has 0 aromatic carbocycles. The molecular weight excluding hydrogens is 176 g/mol. The Morgan fingerprint density at radius 2 is 1.79 bits per heavy atom. The van der Waals surface area contributed by atoms with E-state index in [-0.39, 0.29) is 5.97 Å². The summed E-state index contributed by atoms with van der Waals surface area (Å²) in [7, 11) is 0. The molecule has 0 fully saturated rings. The molecule has 2 nitrogen and oxygen atoms in total. The summed E-state index contributed by atoms with van der Waals surface area (Å²) in [6, 6.07) is 0. The molecule has 0 aliphatic rings. The molecule has 14 heavy (non-hydrogen) atoms. The van der Waals surface area contributed by atoms with Crippen LogP contribution in [0.1, 0.15) is 52.9 Å². The highest BCUT2D eigenvalue weighted by atomic mass is 16.5. The fourth-order valence-electron chi connectivity index (χ4n) is 0.937. The first kappa shape index (κ1) is 15.7. The molecule has 0 aliphatic carbocycles. The van der Waals surface area contributed by atoms with Crippen molar-refractivity contribution in [1.29, 1.82) is 0 Å². The summed E-state index contributed by atoms with van der Waals surface area (Å²) in [5, 5.41) is 0. The van der Waals surface area contributed by atoms with E-state index in [4.69, 9.17) is 4.74 Å². The largest absolute Gasteiger partial charge is 0.463 e. The third-order valence-corrected chi connectivity index (χ3v) is 1.66. The van der Waals surface area contributed by atoms with Crippen LogP contribution in [-0.4, -0.2) is 12.6 Å². The van der Waals surface area contributed by atoms with Crippen molar-refractivity contribution in [2.45, 2.75) is 52.9 Å². The van der Waals surface area contributed by atoms with Gasteiger partial charge >= 0.3 is 5.97 Å². The summed E-state index contributed by atoms with van der Waals surface area (Å²) < 4.78 is 4.81. The van der Waals surface area contributed by atoms with Crippen LogP contribution in [0.2, 0.25) is 0 Å². The van der Waals surface area contributed by atoms with Crippen molar-refractivity contribution >= 4 is 5.97 Å². The molecule has 0 aliphatic heterocycles. The molecule has 0 atom stereocenters. The van der Waals surface area contributed by atoms with Gasteiger partial charge in [-0.3, -0.25) is 0 Å². The molecule has 84 valence electrons. The van der Waals surface area contributed by atoms with Gasteiger partial charge in [0, 0.05) is 6.08 Å². The number of ether oxygens (including phenoxy) is 1. The van der Waals surface area contributed by atoms with E-state index in [1.165, 1.54) is 25.3 Å². The van der Waals surface area contributed by atoms with Gasteiger partial charge in [0.05, 0.1) is 6.61 Å². The lowest BCUT2D eigenvalue weighted by molar-refractivity contribution is -0.137. The Morgan fingerprint density at radius 3 is 2.29 bits per heavy atom. The van der Waals surface area contributed by atoms with Crippen LogP contribution in [0.4, 0.5) is 0 Å². The monoisotopic (exact) mass is 200 g/mol. The van der Waals surface area contributed by atoms with Gasteiger partial charge < -0.3 is 4.74 Å². The molecule has 0 radical (unpaired) electrons. The summed E-state index contributed by atoms with van der Waals surface area (Å²) >= 11 is 0. The van der Waals surface area contributed by atoms with Crippen LogP contribution in [0.3, 0.4) is 0 Å². The number of esters is 1. The molecule has 0 aromatic rings. The zero-order chi connectivity index (χ0) is 11.2. The van der Waals surface area contributed by atoms with Gasteiger partial charge in [0.2, 0.25) is 0 Å². The Morgan fingerprint density at radius 1 is 1.21 bits per heavy atom. The van der Waals surface area contributed by atoms with Crippen LogP contribution in [0, 0.1) is 0 Å². The number of rotatable bonds is 7. The number of hydrogen-bond acceptors (Lipinski definition) is 2. The van der Waals surface area contributed by atoms with Crippen LogP contribution in [0.15, 0.2) is 12.7 Å². The summed E-state index contributed by atoms with van der Waals surface area (Å²) in [5.74, 6) is -0.314. The minimum atomic E-state index is -0.314. The summed E-state index contributed by atoms with van der Waals surface area (Å²) in [6.45, 7) is 10.0. The molecule has 0 saturated heterocycles. The minimum absolute atomic E-state index is 0.314. The lowest BCUT2D eigenvalue weighted by Crippen LogP contribution is -2.01. The fraction of sp³-hybridized carbons (Fsp3) is 0.750. The summed E-state index contributed by atoms with van der Waals surface area (Å²) in [6.07, 6.45) is 7.08. The maximum Gasteiger partial charge on any atom is 0.330 e. The van der Waals surface area contributed by atoms with E-state index in [1.54, 1.807) is 0 Å². The molecular formula is C12H24O2. The van der Waals surface area contributed by atoms with Crippen LogP contribution < -0.4 is 0 Å². The highest BCUT2D eigenvalue weighted by molar-refractivity contribution is 5.81. The van der Waals surface area contributed by atoms with Gasteiger partial charge in [-0.15, -0.1) is 0 Å². The van der Waals surface area contributed by atoms with Crippen molar-refractivity contribution in [3.63, 3.8) is 0 Å². The molecule has 0 rings (SSSR count). The normalized spacial score (nSPS) is 8.50. The van der Waals surface area contributed by atoms with Gasteiger partial charge in [0.25, 0.3) is 0 Å². The van der Waals surface area contributed by atoms with E-state index in [2.05, 4.69) is 13.5 Å². The Kier molecular flexibility index (Phi) is 16.5. The van der Waals surface area contributed by atoms with Gasteiger partial charge in [0.1, 0.15) is 0 Å². The van der Waals surface area contributed by atoms with Crippen molar-refractivity contribution in [3.05, 3.63) is 12.7 Å². The van der Waals surface area contributed by atoms with E-state index >= 15 is 0 Å². The predicted molar refractivity (Wildman–Crippen MR) is 61.3 cm³/mol. The number of hydrogen-bond donors (Lipinski definition) is 0. The zero-order valence-corrected chi connectivity index (χ0v) is 9.84. The molecule has 0 spiro atoms. The zero-order valence-electron chi connectivity index (χ0n) is 9.84. The lowest BCUT2D eigenvalue weighted by atomic mass is 10.2. The Labute approximate surface area is 88.3 Å². The third-order valence-electron chi connectivity index (χ3n) is 1.66. The molecule has 0 heterocycles. The van der Waals surface area contributed by atoms with Crippen LogP contribution in [0.25, 0.3) is 0 Å². The average molecular weight is 200 g/mol. The highest BCUT2D eigenvalue weighted by Gasteiger charge is 1.94. The van der Waals surface area contributed by atoms with Crippen molar-refractivity contribution in [2.75, 3.05) is 6.61 Å². The Balaban J connectivity index is 0. The molecule has 0 N–H and O–H groups in total. The van der Waals surface area contributed by atoms with Crippen molar-refractivity contribution in [1.82, 2.24) is 0 Å². The van der Waals surface area contributed by atoms with Crippen molar-refractivity contribution in [2.24, 2.45) is 0 Å².